The van der Waals surface area contributed by atoms with E-state index in [0.717, 1.165) is 22.6 Å². The first kappa shape index (κ1) is 26.6. The van der Waals surface area contributed by atoms with Crippen molar-refractivity contribution in [2.75, 3.05) is 37.7 Å². The van der Waals surface area contributed by atoms with Crippen LogP contribution in [0.3, 0.4) is 0 Å². The number of carbonyl (C=O) groups excluding carboxylic acids is 2. The summed E-state index contributed by atoms with van der Waals surface area (Å²) in [4.78, 5) is 31.8. The van der Waals surface area contributed by atoms with Gasteiger partial charge in [-0.3, -0.25) is 19.4 Å². The molecule has 2 aliphatic heterocycles. The second-order valence-corrected chi connectivity index (χ2v) is 9.55. The maximum Gasteiger partial charge on any atom is 0.416 e. The lowest BCUT2D eigenvalue weighted by Crippen LogP contribution is -2.46. The Morgan fingerprint density at radius 1 is 0.872 bits per heavy atom. The summed E-state index contributed by atoms with van der Waals surface area (Å²) in [7, 11) is 0. The smallest absolute Gasteiger partial charge is 0.416 e. The minimum atomic E-state index is -4.46. The number of alkyl halides is 3. The van der Waals surface area contributed by atoms with E-state index in [9.17, 15) is 27.9 Å². The Morgan fingerprint density at radius 3 is 2.23 bits per heavy atom. The van der Waals surface area contributed by atoms with E-state index in [1.165, 1.54) is 12.1 Å². The Hall–Kier alpha value is -4.05. The van der Waals surface area contributed by atoms with Crippen molar-refractivity contribution in [2.45, 2.75) is 26.2 Å². The number of imide groups is 1. The van der Waals surface area contributed by atoms with E-state index in [0.29, 0.717) is 67.5 Å². The highest BCUT2D eigenvalue weighted by atomic mass is 19.4. The summed E-state index contributed by atoms with van der Waals surface area (Å²) in [6.07, 6.45) is -4.46. The number of piperazine rings is 1. The van der Waals surface area contributed by atoms with E-state index in [-0.39, 0.29) is 12.3 Å². The maximum atomic E-state index is 13.4. The molecule has 3 aromatic carbocycles. The standard InChI is InChI=1S/C29H28F3N3O4/c1-2-39-24-8-3-5-20(26(24)36)18-33-13-15-34(16-14-33)23-7-4-6-22-25(23)28(38)35(27(22)37)17-19-9-11-21(12-10-19)29(30,31)32/h3-12,36H,2,13-18H2,1H3. The van der Waals surface area contributed by atoms with Crippen LogP contribution in [0.25, 0.3) is 0 Å². The Labute approximate surface area is 224 Å². The van der Waals surface area contributed by atoms with Gasteiger partial charge in [0, 0.05) is 38.3 Å². The van der Waals surface area contributed by atoms with Gasteiger partial charge in [-0.05, 0) is 42.8 Å². The number of hydrogen-bond donors (Lipinski definition) is 1. The van der Waals surface area contributed by atoms with Gasteiger partial charge >= 0.3 is 6.18 Å². The van der Waals surface area contributed by atoms with Gasteiger partial charge in [-0.15, -0.1) is 0 Å². The van der Waals surface area contributed by atoms with Crippen LogP contribution in [0.4, 0.5) is 18.9 Å². The summed E-state index contributed by atoms with van der Waals surface area (Å²) in [5.41, 5.74) is 1.71. The zero-order valence-corrected chi connectivity index (χ0v) is 21.4. The SMILES string of the molecule is CCOc1cccc(CN2CCN(c3cccc4c3C(=O)N(Cc3ccc(C(F)(F)F)cc3)C4=O)CC2)c1O. The molecular weight excluding hydrogens is 511 g/mol. The normalized spacial score (nSPS) is 16.1. The molecule has 1 N–H and O–H groups in total. The predicted molar refractivity (Wildman–Crippen MR) is 139 cm³/mol. The highest BCUT2D eigenvalue weighted by Gasteiger charge is 2.39. The van der Waals surface area contributed by atoms with E-state index in [4.69, 9.17) is 4.74 Å². The van der Waals surface area contributed by atoms with Gasteiger partial charge in [-0.25, -0.2) is 0 Å². The number of rotatable bonds is 7. The Morgan fingerprint density at radius 2 is 1.56 bits per heavy atom. The van der Waals surface area contributed by atoms with Gasteiger partial charge < -0.3 is 14.7 Å². The number of aromatic hydroxyl groups is 1. The average molecular weight is 540 g/mol. The van der Waals surface area contributed by atoms with Gasteiger partial charge in [0.2, 0.25) is 0 Å². The van der Waals surface area contributed by atoms with E-state index in [1.54, 1.807) is 18.2 Å². The van der Waals surface area contributed by atoms with Crippen molar-refractivity contribution in [3.8, 4) is 11.5 Å². The Bertz CT molecular complexity index is 1380. The van der Waals surface area contributed by atoms with Gasteiger partial charge in [-0.1, -0.05) is 30.3 Å². The second-order valence-electron chi connectivity index (χ2n) is 9.55. The number of hydrogen-bond acceptors (Lipinski definition) is 6. The molecule has 0 aromatic heterocycles. The van der Waals surface area contributed by atoms with E-state index >= 15 is 0 Å². The minimum absolute atomic E-state index is 0.109. The van der Waals surface area contributed by atoms with Crippen LogP contribution < -0.4 is 9.64 Å². The number of halogens is 3. The number of para-hydroxylation sites is 1. The molecule has 0 unspecified atom stereocenters. The van der Waals surface area contributed by atoms with Crippen molar-refractivity contribution in [3.05, 3.63) is 88.5 Å². The quantitative estimate of drug-likeness (QED) is 0.430. The van der Waals surface area contributed by atoms with Gasteiger partial charge in [-0.2, -0.15) is 13.2 Å². The van der Waals surface area contributed by atoms with Crippen LogP contribution in [0.1, 0.15) is 44.3 Å². The van der Waals surface area contributed by atoms with Crippen LogP contribution in [0.5, 0.6) is 11.5 Å². The second kappa shape index (κ2) is 10.6. The fourth-order valence-corrected chi connectivity index (χ4v) is 5.06. The zero-order valence-electron chi connectivity index (χ0n) is 21.4. The van der Waals surface area contributed by atoms with Crippen molar-refractivity contribution >= 4 is 17.5 Å². The number of carbonyl (C=O) groups is 2. The number of anilines is 1. The fourth-order valence-electron chi connectivity index (χ4n) is 5.06. The largest absolute Gasteiger partial charge is 0.504 e. The van der Waals surface area contributed by atoms with Crippen LogP contribution in [0, 0.1) is 0 Å². The van der Waals surface area contributed by atoms with E-state index in [2.05, 4.69) is 9.80 Å². The van der Waals surface area contributed by atoms with Gasteiger partial charge in [0.15, 0.2) is 11.5 Å². The first-order valence-corrected chi connectivity index (χ1v) is 12.7. The summed E-state index contributed by atoms with van der Waals surface area (Å²) in [6, 6.07) is 15.1. The number of fused-ring (bicyclic) bond motifs is 1. The summed E-state index contributed by atoms with van der Waals surface area (Å²) >= 11 is 0. The molecule has 10 heteroatoms. The molecule has 39 heavy (non-hydrogen) atoms. The lowest BCUT2D eigenvalue weighted by atomic mass is 10.1. The van der Waals surface area contributed by atoms with E-state index in [1.807, 2.05) is 25.1 Å². The van der Waals surface area contributed by atoms with Crippen molar-refractivity contribution in [3.63, 3.8) is 0 Å². The van der Waals surface area contributed by atoms with Gasteiger partial charge in [0.25, 0.3) is 11.8 Å². The highest BCUT2D eigenvalue weighted by Crippen LogP contribution is 2.35. The molecule has 2 aliphatic rings. The van der Waals surface area contributed by atoms with Crippen molar-refractivity contribution in [1.29, 1.82) is 0 Å². The minimum Gasteiger partial charge on any atom is -0.504 e. The average Bonchev–Trinajstić information content (AvgIpc) is 3.16. The van der Waals surface area contributed by atoms with Crippen LogP contribution in [0.2, 0.25) is 0 Å². The first-order valence-electron chi connectivity index (χ1n) is 12.7. The fraction of sp³-hybridized carbons (Fsp3) is 0.310. The molecule has 204 valence electrons. The number of phenols is 1. The zero-order chi connectivity index (χ0) is 27.7. The van der Waals surface area contributed by atoms with Crippen LogP contribution in [-0.2, 0) is 19.3 Å². The van der Waals surface area contributed by atoms with Crippen LogP contribution in [0.15, 0.2) is 60.7 Å². The third-order valence-corrected chi connectivity index (χ3v) is 7.09. The molecule has 1 saturated heterocycles. The number of benzene rings is 3. The lowest BCUT2D eigenvalue weighted by Gasteiger charge is -2.36. The molecule has 0 aliphatic carbocycles. The molecule has 1 fully saturated rings. The third-order valence-electron chi connectivity index (χ3n) is 7.09. The lowest BCUT2D eigenvalue weighted by molar-refractivity contribution is -0.137. The van der Waals surface area contributed by atoms with E-state index < -0.39 is 23.6 Å². The number of ether oxygens (including phenoxy) is 1. The molecule has 7 nitrogen and oxygen atoms in total. The molecule has 3 aromatic rings. The van der Waals surface area contributed by atoms with Gasteiger partial charge in [0.05, 0.1) is 35.5 Å². The highest BCUT2D eigenvalue weighted by molar-refractivity contribution is 6.23. The molecular formula is C29H28F3N3O4. The van der Waals surface area contributed by atoms with Crippen molar-refractivity contribution in [1.82, 2.24) is 9.80 Å². The molecule has 0 atom stereocenters. The number of amides is 2. The number of nitrogens with zero attached hydrogens (tertiary/aromatic N) is 3. The van der Waals surface area contributed by atoms with Crippen LogP contribution >= 0.6 is 0 Å². The maximum absolute atomic E-state index is 13.4. The molecule has 0 spiro atoms. The summed E-state index contributed by atoms with van der Waals surface area (Å²) in [5.74, 6) is -0.317. The predicted octanol–water partition coefficient (Wildman–Crippen LogP) is 4.93. The van der Waals surface area contributed by atoms with Gasteiger partial charge in [0.1, 0.15) is 0 Å². The molecule has 2 heterocycles. The summed E-state index contributed by atoms with van der Waals surface area (Å²) in [6.45, 7) is 5.34. The van der Waals surface area contributed by atoms with Crippen LogP contribution in [-0.4, -0.2) is 59.5 Å². The molecule has 0 radical (unpaired) electrons. The summed E-state index contributed by atoms with van der Waals surface area (Å²) < 4.78 is 44.2. The topological polar surface area (TPSA) is 73.3 Å². The number of phenolic OH excluding ortho intramolecular Hbond substituents is 1. The monoisotopic (exact) mass is 539 g/mol. The molecule has 0 bridgehead atoms. The Kier molecular flexibility index (Phi) is 7.22. The molecule has 0 saturated carbocycles. The summed E-state index contributed by atoms with van der Waals surface area (Å²) in [5, 5.41) is 10.5. The van der Waals surface area contributed by atoms with Crippen molar-refractivity contribution in [2.24, 2.45) is 0 Å². The molecule has 2 amide bonds. The third kappa shape index (κ3) is 5.29. The Balaban J connectivity index is 1.28. The first-order chi connectivity index (χ1) is 18.7. The van der Waals surface area contributed by atoms with Crippen molar-refractivity contribution < 1.29 is 32.6 Å². The molecule has 5 rings (SSSR count).